The first-order chi connectivity index (χ1) is 11.5. The van der Waals surface area contributed by atoms with Gasteiger partial charge in [-0.3, -0.25) is 9.59 Å². The zero-order valence-corrected chi connectivity index (χ0v) is 14.0. The van der Waals surface area contributed by atoms with E-state index in [1.165, 1.54) is 0 Å². The van der Waals surface area contributed by atoms with Crippen LogP contribution < -0.4 is 16.0 Å². The van der Waals surface area contributed by atoms with Gasteiger partial charge in [-0.2, -0.15) is 0 Å². The number of halogens is 1. The Bertz CT molecular complexity index is 807. The minimum atomic E-state index is -0.480. The summed E-state index contributed by atoms with van der Waals surface area (Å²) >= 11 is 6.18. The molecule has 0 aromatic heterocycles. The summed E-state index contributed by atoms with van der Waals surface area (Å²) in [5.41, 5.74) is 8.06. The predicted molar refractivity (Wildman–Crippen MR) is 95.5 cm³/mol. The van der Waals surface area contributed by atoms with E-state index in [-0.39, 0.29) is 11.9 Å². The third-order valence-electron chi connectivity index (χ3n) is 4.19. The lowest BCUT2D eigenvalue weighted by Crippen LogP contribution is -2.33. The summed E-state index contributed by atoms with van der Waals surface area (Å²) in [4.78, 5) is 25.8. The molecule has 3 rings (SSSR count). The summed E-state index contributed by atoms with van der Waals surface area (Å²) in [5.74, 6) is -0.518. The Labute approximate surface area is 145 Å². The molecule has 24 heavy (non-hydrogen) atoms. The number of nitrogens with zero attached hydrogens (tertiary/aromatic N) is 1. The molecule has 1 saturated heterocycles. The van der Waals surface area contributed by atoms with Crippen molar-refractivity contribution >= 4 is 34.8 Å². The number of amides is 2. The van der Waals surface area contributed by atoms with Crippen LogP contribution in [0.5, 0.6) is 0 Å². The van der Waals surface area contributed by atoms with Gasteiger partial charge in [0.05, 0.1) is 10.7 Å². The third-order valence-corrected chi connectivity index (χ3v) is 4.51. The number of anilines is 2. The molecule has 3 N–H and O–H groups in total. The second kappa shape index (κ2) is 6.53. The van der Waals surface area contributed by atoms with Crippen LogP contribution in [0.4, 0.5) is 11.4 Å². The van der Waals surface area contributed by atoms with Gasteiger partial charge in [-0.15, -0.1) is 0 Å². The zero-order chi connectivity index (χ0) is 17.3. The van der Waals surface area contributed by atoms with Crippen LogP contribution in [0.1, 0.15) is 22.3 Å². The summed E-state index contributed by atoms with van der Waals surface area (Å²) in [5, 5.41) is 3.74. The summed E-state index contributed by atoms with van der Waals surface area (Å²) in [6.45, 7) is 2.42. The zero-order valence-electron chi connectivity index (χ0n) is 13.3. The number of aryl methyl sites for hydroxylation is 1. The maximum absolute atomic E-state index is 12.7. The first-order valence-corrected chi connectivity index (χ1v) is 8.08. The van der Waals surface area contributed by atoms with Crippen molar-refractivity contribution in [3.63, 3.8) is 0 Å². The van der Waals surface area contributed by atoms with Crippen LogP contribution in [0.15, 0.2) is 42.5 Å². The molecule has 124 valence electrons. The first kappa shape index (κ1) is 16.3. The van der Waals surface area contributed by atoms with E-state index in [4.69, 9.17) is 17.3 Å². The Morgan fingerprint density at radius 1 is 1.29 bits per heavy atom. The summed E-state index contributed by atoms with van der Waals surface area (Å²) in [7, 11) is 0. The maximum Gasteiger partial charge on any atom is 0.249 e. The second-order valence-corrected chi connectivity index (χ2v) is 6.23. The average molecular weight is 344 g/mol. The van der Waals surface area contributed by atoms with Gasteiger partial charge in [0.2, 0.25) is 11.8 Å². The minimum Gasteiger partial charge on any atom is -0.374 e. The predicted octanol–water partition coefficient (Wildman–Crippen LogP) is 2.96. The standard InChI is InChI=1S/C18H18ClN3O2/c1-11-6-7-12(10-13(11)17(20)23)21-15-8-9-22(18(15)24)16-5-3-2-4-14(16)19/h2-7,10,15,21H,8-9H2,1H3,(H2,20,23). The SMILES string of the molecule is Cc1ccc(NC2CCN(c3ccccc3Cl)C2=O)cc1C(N)=O. The number of primary amides is 1. The van der Waals surface area contributed by atoms with Gasteiger partial charge >= 0.3 is 0 Å². The van der Waals surface area contributed by atoms with Gasteiger partial charge in [0.15, 0.2) is 0 Å². The van der Waals surface area contributed by atoms with E-state index in [2.05, 4.69) is 5.32 Å². The van der Waals surface area contributed by atoms with E-state index >= 15 is 0 Å². The molecule has 2 amide bonds. The molecule has 1 atom stereocenters. The van der Waals surface area contributed by atoms with Gasteiger partial charge in [-0.1, -0.05) is 29.8 Å². The molecule has 1 fully saturated rings. The van der Waals surface area contributed by atoms with E-state index < -0.39 is 5.91 Å². The van der Waals surface area contributed by atoms with Crippen molar-refractivity contribution in [2.75, 3.05) is 16.8 Å². The van der Waals surface area contributed by atoms with E-state index in [0.717, 1.165) is 11.3 Å². The summed E-state index contributed by atoms with van der Waals surface area (Å²) in [6.07, 6.45) is 0.657. The highest BCUT2D eigenvalue weighted by molar-refractivity contribution is 6.34. The van der Waals surface area contributed by atoms with Gasteiger partial charge in [-0.05, 0) is 43.2 Å². The molecule has 5 nitrogen and oxygen atoms in total. The Kier molecular flexibility index (Phi) is 4.44. The summed E-state index contributed by atoms with van der Waals surface area (Å²) in [6, 6.07) is 12.3. The maximum atomic E-state index is 12.7. The van der Waals surface area contributed by atoms with E-state index in [1.807, 2.05) is 37.3 Å². The van der Waals surface area contributed by atoms with Crippen LogP contribution in [0.25, 0.3) is 0 Å². The van der Waals surface area contributed by atoms with Crippen molar-refractivity contribution in [2.45, 2.75) is 19.4 Å². The lowest BCUT2D eigenvalue weighted by molar-refractivity contribution is -0.117. The number of hydrogen-bond donors (Lipinski definition) is 2. The Balaban J connectivity index is 1.78. The second-order valence-electron chi connectivity index (χ2n) is 5.82. The van der Waals surface area contributed by atoms with Gasteiger partial charge in [-0.25, -0.2) is 0 Å². The molecule has 0 aliphatic carbocycles. The number of nitrogens with one attached hydrogen (secondary N) is 1. The molecule has 2 aromatic rings. The van der Waals surface area contributed by atoms with Crippen molar-refractivity contribution in [3.05, 3.63) is 58.6 Å². The van der Waals surface area contributed by atoms with Crippen LogP contribution in [0.3, 0.4) is 0 Å². The lowest BCUT2D eigenvalue weighted by atomic mass is 10.1. The smallest absolute Gasteiger partial charge is 0.249 e. The van der Waals surface area contributed by atoms with Gasteiger partial charge in [0.25, 0.3) is 0 Å². The molecule has 0 spiro atoms. The quantitative estimate of drug-likeness (QED) is 0.896. The molecule has 0 radical (unpaired) electrons. The normalized spacial score (nSPS) is 17.2. The number of carbonyl (C=O) groups excluding carboxylic acids is 2. The van der Waals surface area contributed by atoms with Crippen molar-refractivity contribution in [2.24, 2.45) is 5.73 Å². The fraction of sp³-hybridized carbons (Fsp3) is 0.222. The van der Waals surface area contributed by atoms with Crippen molar-refractivity contribution in [1.29, 1.82) is 0 Å². The van der Waals surface area contributed by atoms with Gasteiger partial charge in [0.1, 0.15) is 6.04 Å². The fourth-order valence-electron chi connectivity index (χ4n) is 2.90. The fourth-order valence-corrected chi connectivity index (χ4v) is 3.14. The van der Waals surface area contributed by atoms with Crippen molar-refractivity contribution in [3.8, 4) is 0 Å². The highest BCUT2D eigenvalue weighted by atomic mass is 35.5. The minimum absolute atomic E-state index is 0.0377. The average Bonchev–Trinajstić information content (AvgIpc) is 2.90. The van der Waals surface area contributed by atoms with Crippen LogP contribution >= 0.6 is 11.6 Å². The number of carbonyl (C=O) groups is 2. The Morgan fingerprint density at radius 2 is 2.04 bits per heavy atom. The molecule has 1 aliphatic rings. The molecular weight excluding hydrogens is 326 g/mol. The van der Waals surface area contributed by atoms with Gasteiger partial charge < -0.3 is 16.0 Å². The number of benzene rings is 2. The van der Waals surface area contributed by atoms with E-state index in [1.54, 1.807) is 17.0 Å². The molecule has 0 saturated carbocycles. The summed E-state index contributed by atoms with van der Waals surface area (Å²) < 4.78 is 0. The molecule has 2 aromatic carbocycles. The van der Waals surface area contributed by atoms with Crippen LogP contribution in [0.2, 0.25) is 5.02 Å². The highest BCUT2D eigenvalue weighted by Gasteiger charge is 2.33. The number of nitrogens with two attached hydrogens (primary N) is 1. The molecule has 6 heteroatoms. The third kappa shape index (κ3) is 3.08. The van der Waals surface area contributed by atoms with Crippen molar-refractivity contribution in [1.82, 2.24) is 0 Å². The van der Waals surface area contributed by atoms with E-state index in [9.17, 15) is 9.59 Å². The molecule has 0 bridgehead atoms. The Morgan fingerprint density at radius 3 is 2.75 bits per heavy atom. The molecule has 1 aliphatic heterocycles. The molecule has 1 unspecified atom stereocenters. The Hall–Kier alpha value is -2.53. The topological polar surface area (TPSA) is 75.4 Å². The monoisotopic (exact) mass is 343 g/mol. The van der Waals surface area contributed by atoms with Gasteiger partial charge in [0, 0.05) is 17.8 Å². The largest absolute Gasteiger partial charge is 0.374 e. The number of para-hydroxylation sites is 1. The number of hydrogen-bond acceptors (Lipinski definition) is 3. The molecular formula is C18H18ClN3O2. The number of rotatable bonds is 4. The van der Waals surface area contributed by atoms with Crippen LogP contribution in [-0.4, -0.2) is 24.4 Å². The highest BCUT2D eigenvalue weighted by Crippen LogP contribution is 2.30. The lowest BCUT2D eigenvalue weighted by Gasteiger charge is -2.19. The van der Waals surface area contributed by atoms with Crippen LogP contribution in [-0.2, 0) is 4.79 Å². The molecule has 1 heterocycles. The van der Waals surface area contributed by atoms with E-state index in [0.29, 0.717) is 29.2 Å². The van der Waals surface area contributed by atoms with Crippen LogP contribution in [0, 0.1) is 6.92 Å². The first-order valence-electron chi connectivity index (χ1n) is 7.70. The van der Waals surface area contributed by atoms with Crippen molar-refractivity contribution < 1.29 is 9.59 Å².